The fraction of sp³-hybridized carbons (Fsp3) is 0.727. The molecule has 0 radical (unpaired) electrons. The molecule has 1 aromatic rings. The van der Waals surface area contributed by atoms with Gasteiger partial charge in [-0.15, -0.1) is 0 Å². The average Bonchev–Trinajstić information content (AvgIpc) is 2.45. The maximum atomic E-state index is 10.4. The molecule has 1 aromatic heterocycles. The molecule has 15 heavy (non-hydrogen) atoms. The van der Waals surface area contributed by atoms with E-state index in [-0.39, 0.29) is 0 Å². The lowest BCUT2D eigenvalue weighted by atomic mass is 9.89. The van der Waals surface area contributed by atoms with Gasteiger partial charge in [0.05, 0.1) is 11.3 Å². The van der Waals surface area contributed by atoms with Gasteiger partial charge in [-0.1, -0.05) is 0 Å². The first kappa shape index (κ1) is 10.6. The molecule has 0 saturated carbocycles. The van der Waals surface area contributed by atoms with Crippen molar-refractivity contribution in [2.45, 2.75) is 31.8 Å². The Morgan fingerprint density at radius 1 is 1.67 bits per heavy atom. The topological polar surface area (TPSA) is 50.1 Å². The maximum Gasteiger partial charge on any atom is 0.0827 e. The number of hydrogen-bond acceptors (Lipinski definition) is 3. The molecule has 4 heteroatoms. The Morgan fingerprint density at radius 3 is 3.00 bits per heavy atom. The van der Waals surface area contributed by atoms with E-state index in [1.165, 1.54) is 0 Å². The standard InChI is InChI=1S/C11H19N3O/c1-9-6-10(14(2)13-9)7-11(15)4-3-5-12-8-11/h6,12,15H,3-5,7-8H2,1-2H3. The first-order chi connectivity index (χ1) is 7.09. The van der Waals surface area contributed by atoms with Gasteiger partial charge in [0.2, 0.25) is 0 Å². The molecule has 1 atom stereocenters. The number of aromatic nitrogens is 2. The molecular weight excluding hydrogens is 190 g/mol. The monoisotopic (exact) mass is 209 g/mol. The van der Waals surface area contributed by atoms with E-state index in [0.29, 0.717) is 13.0 Å². The smallest absolute Gasteiger partial charge is 0.0827 e. The van der Waals surface area contributed by atoms with Crippen molar-refractivity contribution in [3.63, 3.8) is 0 Å². The van der Waals surface area contributed by atoms with E-state index in [0.717, 1.165) is 30.8 Å². The molecule has 0 aliphatic carbocycles. The third-order valence-corrected chi connectivity index (χ3v) is 3.06. The molecule has 84 valence electrons. The molecule has 4 nitrogen and oxygen atoms in total. The number of β-amino-alcohol motifs (C(OH)–C–C–N with tert-alkyl or cyclic N) is 1. The summed E-state index contributed by atoms with van der Waals surface area (Å²) >= 11 is 0. The summed E-state index contributed by atoms with van der Waals surface area (Å²) in [4.78, 5) is 0. The highest BCUT2D eigenvalue weighted by molar-refractivity contribution is 5.12. The molecule has 1 fully saturated rings. The van der Waals surface area contributed by atoms with Crippen molar-refractivity contribution < 1.29 is 5.11 Å². The van der Waals surface area contributed by atoms with Crippen molar-refractivity contribution in [1.82, 2.24) is 15.1 Å². The number of aryl methyl sites for hydroxylation is 2. The Morgan fingerprint density at radius 2 is 2.47 bits per heavy atom. The third-order valence-electron chi connectivity index (χ3n) is 3.06. The zero-order valence-corrected chi connectivity index (χ0v) is 9.45. The van der Waals surface area contributed by atoms with Crippen molar-refractivity contribution in [3.05, 3.63) is 17.5 Å². The molecule has 1 unspecified atom stereocenters. The van der Waals surface area contributed by atoms with Crippen LogP contribution >= 0.6 is 0 Å². The largest absolute Gasteiger partial charge is 0.388 e. The summed E-state index contributed by atoms with van der Waals surface area (Å²) < 4.78 is 1.86. The molecule has 0 bridgehead atoms. The van der Waals surface area contributed by atoms with E-state index in [1.807, 2.05) is 24.7 Å². The SMILES string of the molecule is Cc1cc(CC2(O)CCCNC2)n(C)n1. The second-order valence-corrected chi connectivity index (χ2v) is 4.58. The Balaban J connectivity index is 2.09. The summed E-state index contributed by atoms with van der Waals surface area (Å²) in [6, 6.07) is 2.05. The number of nitrogens with zero attached hydrogens (tertiary/aromatic N) is 2. The number of piperidine rings is 1. The van der Waals surface area contributed by atoms with Crippen LogP contribution in [0.4, 0.5) is 0 Å². The number of rotatable bonds is 2. The minimum Gasteiger partial charge on any atom is -0.388 e. The van der Waals surface area contributed by atoms with Crippen LogP contribution in [-0.4, -0.2) is 33.6 Å². The van der Waals surface area contributed by atoms with E-state index >= 15 is 0 Å². The predicted molar refractivity (Wildman–Crippen MR) is 58.7 cm³/mol. The zero-order valence-electron chi connectivity index (χ0n) is 9.45. The molecule has 0 spiro atoms. The van der Waals surface area contributed by atoms with Gasteiger partial charge in [-0.2, -0.15) is 5.10 Å². The Kier molecular flexibility index (Phi) is 2.80. The van der Waals surface area contributed by atoms with E-state index < -0.39 is 5.60 Å². The lowest BCUT2D eigenvalue weighted by Gasteiger charge is -2.32. The molecule has 1 aliphatic rings. The summed E-state index contributed by atoms with van der Waals surface area (Å²) in [5.41, 5.74) is 1.54. The molecule has 2 rings (SSSR count). The first-order valence-electron chi connectivity index (χ1n) is 5.52. The van der Waals surface area contributed by atoms with Gasteiger partial charge in [0.25, 0.3) is 0 Å². The van der Waals surface area contributed by atoms with Crippen LogP contribution in [0.15, 0.2) is 6.07 Å². The van der Waals surface area contributed by atoms with Crippen LogP contribution in [0.3, 0.4) is 0 Å². The van der Waals surface area contributed by atoms with Crippen molar-refractivity contribution in [1.29, 1.82) is 0 Å². The molecule has 2 heterocycles. The second-order valence-electron chi connectivity index (χ2n) is 4.58. The van der Waals surface area contributed by atoms with E-state index in [2.05, 4.69) is 10.4 Å². The van der Waals surface area contributed by atoms with E-state index in [4.69, 9.17) is 0 Å². The van der Waals surface area contributed by atoms with E-state index in [9.17, 15) is 5.11 Å². The van der Waals surface area contributed by atoms with Crippen molar-refractivity contribution in [2.75, 3.05) is 13.1 Å². The van der Waals surface area contributed by atoms with Crippen LogP contribution in [0, 0.1) is 6.92 Å². The van der Waals surface area contributed by atoms with E-state index in [1.54, 1.807) is 0 Å². The van der Waals surface area contributed by atoms with Gasteiger partial charge in [0.15, 0.2) is 0 Å². The van der Waals surface area contributed by atoms with Gasteiger partial charge in [0, 0.05) is 25.7 Å². The fourth-order valence-corrected chi connectivity index (χ4v) is 2.27. The highest BCUT2D eigenvalue weighted by Gasteiger charge is 2.30. The lowest BCUT2D eigenvalue weighted by molar-refractivity contribution is 0.0153. The van der Waals surface area contributed by atoms with Crippen LogP contribution in [0.2, 0.25) is 0 Å². The highest BCUT2D eigenvalue weighted by Crippen LogP contribution is 2.21. The quantitative estimate of drug-likeness (QED) is 0.740. The third kappa shape index (κ3) is 2.38. The number of nitrogens with one attached hydrogen (secondary N) is 1. The van der Waals surface area contributed by atoms with Crippen LogP contribution in [0.1, 0.15) is 24.2 Å². The Bertz CT molecular complexity index is 340. The lowest BCUT2D eigenvalue weighted by Crippen LogP contribution is -2.47. The second kappa shape index (κ2) is 3.94. The summed E-state index contributed by atoms with van der Waals surface area (Å²) in [6.07, 6.45) is 2.62. The van der Waals surface area contributed by atoms with Crippen molar-refractivity contribution in [2.24, 2.45) is 7.05 Å². The number of aliphatic hydroxyl groups is 1. The van der Waals surface area contributed by atoms with Gasteiger partial charge >= 0.3 is 0 Å². The molecule has 1 aliphatic heterocycles. The van der Waals surface area contributed by atoms with Gasteiger partial charge in [-0.3, -0.25) is 4.68 Å². The van der Waals surface area contributed by atoms with Gasteiger partial charge in [-0.05, 0) is 32.4 Å². The highest BCUT2D eigenvalue weighted by atomic mass is 16.3. The van der Waals surface area contributed by atoms with Gasteiger partial charge < -0.3 is 10.4 Å². The molecule has 0 amide bonds. The molecule has 2 N–H and O–H groups in total. The minimum atomic E-state index is -0.585. The van der Waals surface area contributed by atoms with Crippen LogP contribution in [0.25, 0.3) is 0 Å². The summed E-state index contributed by atoms with van der Waals surface area (Å²) in [5.74, 6) is 0. The van der Waals surface area contributed by atoms with Crippen molar-refractivity contribution >= 4 is 0 Å². The van der Waals surface area contributed by atoms with Crippen LogP contribution in [0.5, 0.6) is 0 Å². The summed E-state index contributed by atoms with van der Waals surface area (Å²) in [7, 11) is 1.93. The van der Waals surface area contributed by atoms with Gasteiger partial charge in [0.1, 0.15) is 0 Å². The summed E-state index contributed by atoms with van der Waals surface area (Å²) in [5, 5.41) is 17.9. The summed E-state index contributed by atoms with van der Waals surface area (Å²) in [6.45, 7) is 3.69. The average molecular weight is 209 g/mol. The first-order valence-corrected chi connectivity index (χ1v) is 5.52. The van der Waals surface area contributed by atoms with Crippen LogP contribution < -0.4 is 5.32 Å². The fourth-order valence-electron chi connectivity index (χ4n) is 2.27. The Labute approximate surface area is 90.3 Å². The number of hydrogen-bond donors (Lipinski definition) is 2. The van der Waals surface area contributed by atoms with Gasteiger partial charge in [-0.25, -0.2) is 0 Å². The molecule has 1 saturated heterocycles. The maximum absolute atomic E-state index is 10.4. The Hall–Kier alpha value is -0.870. The molecule has 0 aromatic carbocycles. The van der Waals surface area contributed by atoms with Crippen molar-refractivity contribution in [3.8, 4) is 0 Å². The minimum absolute atomic E-state index is 0.585. The van der Waals surface area contributed by atoms with Crippen LogP contribution in [-0.2, 0) is 13.5 Å². The normalized spacial score (nSPS) is 26.9. The zero-order chi connectivity index (χ0) is 10.9. The predicted octanol–water partition coefficient (Wildman–Crippen LogP) is 0.386. The molecular formula is C11H19N3O.